The number of hydrogen-bond acceptors (Lipinski definition) is 4. The molecule has 0 bridgehead atoms. The molecule has 2 unspecified atom stereocenters. The van der Waals surface area contributed by atoms with Gasteiger partial charge in [0.2, 0.25) is 5.91 Å². The fourth-order valence-corrected chi connectivity index (χ4v) is 6.02. The van der Waals surface area contributed by atoms with Gasteiger partial charge in [-0.25, -0.2) is 0 Å². The molecule has 0 aromatic heterocycles. The maximum atomic E-state index is 12.4. The van der Waals surface area contributed by atoms with Crippen LogP contribution in [-0.4, -0.2) is 41.9 Å². The molecular formula is C37H69NO5S. The molecule has 1 amide bonds. The Hall–Kier alpha value is -1.44. The molecule has 0 aliphatic carbocycles. The molecule has 6 nitrogen and oxygen atoms in total. The van der Waals surface area contributed by atoms with Crippen molar-refractivity contribution in [2.24, 2.45) is 0 Å². The van der Waals surface area contributed by atoms with Crippen LogP contribution in [0.2, 0.25) is 0 Å². The molecule has 2 atom stereocenters. The number of unbranched alkanes of at least 4 members (excludes halogenated alkanes) is 20. The van der Waals surface area contributed by atoms with Gasteiger partial charge in [0.1, 0.15) is 0 Å². The molecule has 0 fully saturated rings. The molecule has 0 heterocycles. The van der Waals surface area contributed by atoms with Gasteiger partial charge in [-0.05, 0) is 57.8 Å². The van der Waals surface area contributed by atoms with Gasteiger partial charge in [-0.15, -0.1) is 0 Å². The van der Waals surface area contributed by atoms with Gasteiger partial charge >= 0.3 is 0 Å². The first kappa shape index (κ1) is 42.6. The van der Waals surface area contributed by atoms with Crippen LogP contribution in [0, 0.1) is 0 Å². The molecule has 0 rings (SSSR count). The molecule has 3 N–H and O–H groups in total. The second-order valence-electron chi connectivity index (χ2n) is 12.5. The van der Waals surface area contributed by atoms with Crippen molar-refractivity contribution in [2.75, 3.05) is 5.75 Å². The second kappa shape index (κ2) is 31.5. The highest BCUT2D eigenvalue weighted by Gasteiger charge is 2.24. The van der Waals surface area contributed by atoms with Gasteiger partial charge in [-0.2, -0.15) is 8.42 Å². The number of amides is 1. The number of nitrogens with one attached hydrogen (secondary N) is 1. The smallest absolute Gasteiger partial charge is 0.267 e. The summed E-state index contributed by atoms with van der Waals surface area (Å²) >= 11 is 0. The van der Waals surface area contributed by atoms with Gasteiger partial charge < -0.3 is 10.4 Å². The summed E-state index contributed by atoms with van der Waals surface area (Å²) < 4.78 is 32.3. The lowest BCUT2D eigenvalue weighted by Crippen LogP contribution is -2.46. The van der Waals surface area contributed by atoms with E-state index in [1.165, 1.54) is 115 Å². The summed E-state index contributed by atoms with van der Waals surface area (Å²) in [4.78, 5) is 12.4. The molecule has 7 heteroatoms. The number of aliphatic hydroxyl groups is 1. The highest BCUT2D eigenvalue weighted by Crippen LogP contribution is 2.12. The Morgan fingerprint density at radius 2 is 0.977 bits per heavy atom. The Morgan fingerprint density at radius 3 is 1.43 bits per heavy atom. The van der Waals surface area contributed by atoms with Crippen LogP contribution < -0.4 is 5.32 Å². The number of rotatable bonds is 32. The lowest BCUT2D eigenvalue weighted by Gasteiger charge is -2.21. The number of allylic oxidation sites excluding steroid dienone is 5. The largest absolute Gasteiger partial charge is 0.387 e. The van der Waals surface area contributed by atoms with Gasteiger partial charge in [0.05, 0.1) is 17.9 Å². The number of aliphatic hydroxyl groups excluding tert-OH is 1. The summed E-state index contributed by atoms with van der Waals surface area (Å²) in [6.45, 7) is 4.47. The molecule has 0 aliphatic rings. The molecule has 0 aromatic carbocycles. The Bertz CT molecular complexity index is 837. The van der Waals surface area contributed by atoms with Crippen molar-refractivity contribution in [1.29, 1.82) is 0 Å². The highest BCUT2D eigenvalue weighted by molar-refractivity contribution is 7.85. The lowest BCUT2D eigenvalue weighted by molar-refractivity contribution is -0.122. The maximum Gasteiger partial charge on any atom is 0.267 e. The predicted octanol–water partition coefficient (Wildman–Crippen LogP) is 10.2. The highest BCUT2D eigenvalue weighted by atomic mass is 32.2. The van der Waals surface area contributed by atoms with Gasteiger partial charge in [-0.3, -0.25) is 9.35 Å². The van der Waals surface area contributed by atoms with Gasteiger partial charge in [0.25, 0.3) is 10.1 Å². The Labute approximate surface area is 272 Å². The van der Waals surface area contributed by atoms with Crippen molar-refractivity contribution in [3.63, 3.8) is 0 Å². The van der Waals surface area contributed by atoms with E-state index in [1.54, 1.807) is 6.08 Å². The van der Waals surface area contributed by atoms with Crippen molar-refractivity contribution in [3.05, 3.63) is 36.5 Å². The number of carbonyl (C=O) groups is 1. The monoisotopic (exact) mass is 639 g/mol. The van der Waals surface area contributed by atoms with Gasteiger partial charge in [0, 0.05) is 6.42 Å². The van der Waals surface area contributed by atoms with Crippen LogP contribution in [0.3, 0.4) is 0 Å². The molecular weight excluding hydrogens is 570 g/mol. The quantitative estimate of drug-likeness (QED) is 0.0386. The van der Waals surface area contributed by atoms with E-state index in [1.807, 2.05) is 0 Å². The molecule has 44 heavy (non-hydrogen) atoms. The first-order chi connectivity index (χ1) is 21.3. The van der Waals surface area contributed by atoms with Crippen LogP contribution in [0.5, 0.6) is 0 Å². The minimum atomic E-state index is -4.35. The minimum absolute atomic E-state index is 0.283. The fraction of sp³-hybridized carbons (Fsp3) is 0.811. The van der Waals surface area contributed by atoms with Crippen LogP contribution >= 0.6 is 0 Å². The van der Waals surface area contributed by atoms with E-state index in [4.69, 9.17) is 0 Å². The Morgan fingerprint density at radius 1 is 0.591 bits per heavy atom. The van der Waals surface area contributed by atoms with E-state index in [-0.39, 0.29) is 12.3 Å². The van der Waals surface area contributed by atoms with Crippen LogP contribution in [0.15, 0.2) is 36.5 Å². The second-order valence-corrected chi connectivity index (χ2v) is 14.0. The average Bonchev–Trinajstić information content (AvgIpc) is 2.98. The number of hydrogen-bond donors (Lipinski definition) is 3. The number of carbonyl (C=O) groups excluding carboxylic acids is 1. The van der Waals surface area contributed by atoms with Crippen molar-refractivity contribution in [3.8, 4) is 0 Å². The maximum absolute atomic E-state index is 12.4. The lowest BCUT2D eigenvalue weighted by atomic mass is 10.1. The van der Waals surface area contributed by atoms with Crippen LogP contribution in [0.25, 0.3) is 0 Å². The van der Waals surface area contributed by atoms with E-state index in [0.717, 1.165) is 38.5 Å². The van der Waals surface area contributed by atoms with Gasteiger partial charge in [-0.1, -0.05) is 147 Å². The molecule has 0 spiro atoms. The molecule has 0 saturated heterocycles. The average molecular weight is 640 g/mol. The third-order valence-corrected chi connectivity index (χ3v) is 8.82. The summed E-state index contributed by atoms with van der Waals surface area (Å²) in [5.41, 5.74) is 0. The molecule has 0 radical (unpaired) electrons. The third-order valence-electron chi connectivity index (χ3n) is 8.04. The Balaban J connectivity index is 3.99. The van der Waals surface area contributed by atoms with Crippen molar-refractivity contribution >= 4 is 16.0 Å². The standard InChI is InChI=1S/C37H69NO5S/c1-3-5-7-9-11-13-15-16-17-18-19-20-21-23-25-27-29-31-33-37(40)38-35(34-44(41,42)43)36(39)32-30-28-26-24-22-14-12-10-8-6-4-2/h17-18,22,24,30,32,35-36,39H,3-16,19-21,23,25-29,31,33-34H2,1-2H3,(H,38,40)(H,41,42,43)/b18-17-,24-22+,32-30+. The van der Waals surface area contributed by atoms with Crippen molar-refractivity contribution < 1.29 is 22.9 Å². The van der Waals surface area contributed by atoms with E-state index in [9.17, 15) is 22.9 Å². The minimum Gasteiger partial charge on any atom is -0.387 e. The molecule has 0 aliphatic heterocycles. The third kappa shape index (κ3) is 32.0. The first-order valence-corrected chi connectivity index (χ1v) is 19.8. The topological polar surface area (TPSA) is 104 Å². The van der Waals surface area contributed by atoms with Crippen LogP contribution in [0.4, 0.5) is 0 Å². The van der Waals surface area contributed by atoms with E-state index >= 15 is 0 Å². The summed E-state index contributed by atoms with van der Waals surface area (Å²) in [5, 5.41) is 13.1. The van der Waals surface area contributed by atoms with Gasteiger partial charge in [0.15, 0.2) is 0 Å². The van der Waals surface area contributed by atoms with Crippen molar-refractivity contribution in [2.45, 2.75) is 187 Å². The normalized spacial score (nSPS) is 13.8. The zero-order valence-corrected chi connectivity index (χ0v) is 29.3. The van der Waals surface area contributed by atoms with Crippen LogP contribution in [0.1, 0.15) is 174 Å². The zero-order valence-electron chi connectivity index (χ0n) is 28.5. The molecule has 258 valence electrons. The predicted molar refractivity (Wildman–Crippen MR) is 189 cm³/mol. The van der Waals surface area contributed by atoms with E-state index in [0.29, 0.717) is 6.42 Å². The summed E-state index contributed by atoms with van der Waals surface area (Å²) in [5.74, 6) is -1.01. The summed E-state index contributed by atoms with van der Waals surface area (Å²) in [6, 6.07) is -1.07. The SMILES string of the molecule is CCCCCCC/C=C/CC/C=C/C(O)C(CS(=O)(=O)O)NC(=O)CCCCCCCCC/C=C\CCCCCCCCC. The zero-order chi connectivity index (χ0) is 32.6. The van der Waals surface area contributed by atoms with Crippen molar-refractivity contribution in [1.82, 2.24) is 5.32 Å². The molecule has 0 saturated carbocycles. The summed E-state index contributed by atoms with van der Waals surface area (Å²) in [7, 11) is -4.35. The van der Waals surface area contributed by atoms with E-state index < -0.39 is 28.0 Å². The molecule has 0 aromatic rings. The fourth-order valence-electron chi connectivity index (χ4n) is 5.28. The Kier molecular flexibility index (Phi) is 30.5. The van der Waals surface area contributed by atoms with E-state index in [2.05, 4.69) is 43.5 Å². The summed E-state index contributed by atoms with van der Waals surface area (Å²) in [6.07, 6.45) is 39.9. The van der Waals surface area contributed by atoms with Crippen LogP contribution in [-0.2, 0) is 14.9 Å². The first-order valence-electron chi connectivity index (χ1n) is 18.2.